The van der Waals surface area contributed by atoms with Crippen molar-refractivity contribution in [1.82, 2.24) is 0 Å². The van der Waals surface area contributed by atoms with Crippen LogP contribution in [0.3, 0.4) is 0 Å². The summed E-state index contributed by atoms with van der Waals surface area (Å²) in [4.78, 5) is 23.2. The van der Waals surface area contributed by atoms with Crippen molar-refractivity contribution in [3.8, 4) is 0 Å². The van der Waals surface area contributed by atoms with Crippen LogP contribution in [0, 0.1) is 10.8 Å². The van der Waals surface area contributed by atoms with E-state index in [-0.39, 0.29) is 5.41 Å². The van der Waals surface area contributed by atoms with Crippen molar-refractivity contribution >= 4 is 11.9 Å². The molecule has 1 aliphatic carbocycles. The molecule has 1 rings (SSSR count). The number of esters is 2. The molecule has 0 aromatic rings. The van der Waals surface area contributed by atoms with E-state index >= 15 is 0 Å². The predicted octanol–water partition coefficient (Wildman–Crippen LogP) is 1.69. The van der Waals surface area contributed by atoms with E-state index in [9.17, 15) is 9.59 Å². The average Bonchev–Trinajstić information content (AvgIpc) is 2.83. The summed E-state index contributed by atoms with van der Waals surface area (Å²) in [6.45, 7) is 7.80. The van der Waals surface area contributed by atoms with Crippen LogP contribution < -0.4 is 0 Å². The van der Waals surface area contributed by atoms with Crippen LogP contribution in [0.2, 0.25) is 0 Å². The Morgan fingerprint density at radius 3 is 1.50 bits per heavy atom. The number of hydrogen-bond donors (Lipinski definition) is 0. The van der Waals surface area contributed by atoms with Crippen molar-refractivity contribution in [2.24, 2.45) is 10.8 Å². The lowest BCUT2D eigenvalue weighted by Gasteiger charge is -2.29. The first-order chi connectivity index (χ1) is 7.21. The van der Waals surface area contributed by atoms with E-state index in [4.69, 9.17) is 0 Å². The van der Waals surface area contributed by atoms with Gasteiger partial charge >= 0.3 is 11.9 Å². The molecule has 0 bridgehead atoms. The molecule has 0 heterocycles. The molecule has 0 fully saturated rings. The summed E-state index contributed by atoms with van der Waals surface area (Å²) in [6, 6.07) is 0. The lowest BCUT2D eigenvalue weighted by Crippen LogP contribution is -2.27. The van der Waals surface area contributed by atoms with Gasteiger partial charge in [0.2, 0.25) is 0 Å². The van der Waals surface area contributed by atoms with Gasteiger partial charge in [-0.3, -0.25) is 0 Å². The van der Waals surface area contributed by atoms with Gasteiger partial charge in [0.05, 0.1) is 25.4 Å². The highest BCUT2D eigenvalue weighted by molar-refractivity contribution is 6.12. The second-order valence-corrected chi connectivity index (χ2v) is 5.11. The maximum Gasteiger partial charge on any atom is 0.335 e. The maximum atomic E-state index is 11.6. The Labute approximate surface area is 95.6 Å². The lowest BCUT2D eigenvalue weighted by atomic mass is 9.73. The number of hydrogen-bond acceptors (Lipinski definition) is 4. The summed E-state index contributed by atoms with van der Waals surface area (Å²) in [5.74, 6) is -0.893. The first-order valence-electron chi connectivity index (χ1n) is 5.13. The zero-order chi connectivity index (χ0) is 12.7. The molecule has 0 N–H and O–H groups in total. The van der Waals surface area contributed by atoms with Crippen molar-refractivity contribution in [2.75, 3.05) is 14.2 Å². The fraction of sp³-hybridized carbons (Fsp3) is 0.667. The quantitative estimate of drug-likeness (QED) is 0.672. The molecule has 0 atom stereocenters. The molecule has 0 radical (unpaired) electrons. The number of carbonyl (C=O) groups excluding carboxylic acids is 2. The van der Waals surface area contributed by atoms with Gasteiger partial charge in [0.1, 0.15) is 0 Å². The second kappa shape index (κ2) is 3.61. The molecule has 90 valence electrons. The zero-order valence-electron chi connectivity index (χ0n) is 10.6. The average molecular weight is 226 g/mol. The predicted molar refractivity (Wildman–Crippen MR) is 58.6 cm³/mol. The van der Waals surface area contributed by atoms with Crippen LogP contribution in [0.15, 0.2) is 11.1 Å². The van der Waals surface area contributed by atoms with Crippen molar-refractivity contribution in [3.05, 3.63) is 11.1 Å². The van der Waals surface area contributed by atoms with Crippen LogP contribution in [0.1, 0.15) is 27.7 Å². The topological polar surface area (TPSA) is 52.6 Å². The first kappa shape index (κ1) is 12.7. The molecule has 4 nitrogen and oxygen atoms in total. The molecular weight excluding hydrogens is 208 g/mol. The molecule has 0 spiro atoms. The van der Waals surface area contributed by atoms with Gasteiger partial charge in [0.25, 0.3) is 0 Å². The third kappa shape index (κ3) is 1.52. The molecule has 0 saturated heterocycles. The summed E-state index contributed by atoms with van der Waals surface area (Å²) in [6.07, 6.45) is 0. The van der Waals surface area contributed by atoms with Gasteiger partial charge in [-0.2, -0.15) is 0 Å². The normalized spacial score (nSPS) is 18.1. The molecule has 0 aliphatic heterocycles. The van der Waals surface area contributed by atoms with Crippen LogP contribution in [0.25, 0.3) is 0 Å². The molecular formula is C12H18O4. The Kier molecular flexibility index (Phi) is 2.88. The molecule has 0 saturated carbocycles. The number of rotatable bonds is 2. The summed E-state index contributed by atoms with van der Waals surface area (Å²) in [5, 5.41) is 0. The van der Waals surface area contributed by atoms with Crippen molar-refractivity contribution in [3.63, 3.8) is 0 Å². The van der Waals surface area contributed by atoms with Crippen LogP contribution in [0.5, 0.6) is 0 Å². The summed E-state index contributed by atoms with van der Waals surface area (Å²) < 4.78 is 9.37. The molecule has 1 aliphatic rings. The van der Waals surface area contributed by atoms with Crippen molar-refractivity contribution in [2.45, 2.75) is 27.7 Å². The van der Waals surface area contributed by atoms with Crippen LogP contribution >= 0.6 is 0 Å². The second-order valence-electron chi connectivity index (χ2n) is 5.11. The zero-order valence-corrected chi connectivity index (χ0v) is 10.6. The van der Waals surface area contributed by atoms with E-state index in [0.717, 1.165) is 0 Å². The van der Waals surface area contributed by atoms with E-state index in [0.29, 0.717) is 11.1 Å². The highest BCUT2D eigenvalue weighted by Crippen LogP contribution is 2.63. The largest absolute Gasteiger partial charge is 0.466 e. The van der Waals surface area contributed by atoms with E-state index in [1.165, 1.54) is 14.2 Å². The first-order valence-corrected chi connectivity index (χ1v) is 5.13. The lowest BCUT2D eigenvalue weighted by molar-refractivity contribution is -0.137. The number of ether oxygens (including phenoxy) is 2. The molecule has 0 aromatic heterocycles. The third-order valence-corrected chi connectivity index (χ3v) is 3.47. The van der Waals surface area contributed by atoms with Gasteiger partial charge in [-0.1, -0.05) is 27.7 Å². The summed E-state index contributed by atoms with van der Waals surface area (Å²) >= 11 is 0. The molecule has 0 unspecified atom stereocenters. The Morgan fingerprint density at radius 2 is 1.31 bits per heavy atom. The maximum absolute atomic E-state index is 11.6. The van der Waals surface area contributed by atoms with Gasteiger partial charge in [-0.05, 0) is 5.41 Å². The van der Waals surface area contributed by atoms with Crippen LogP contribution in [0.4, 0.5) is 0 Å². The number of carbonyl (C=O) groups is 2. The number of methoxy groups -OCH3 is 2. The highest BCUT2D eigenvalue weighted by atomic mass is 16.5. The summed E-state index contributed by atoms with van der Waals surface area (Å²) in [5.41, 5.74) is 0.108. The van der Waals surface area contributed by atoms with Crippen molar-refractivity contribution < 1.29 is 19.1 Å². The minimum Gasteiger partial charge on any atom is -0.466 e. The fourth-order valence-electron chi connectivity index (χ4n) is 1.94. The smallest absolute Gasteiger partial charge is 0.335 e. The van der Waals surface area contributed by atoms with Gasteiger partial charge in [0, 0.05) is 5.41 Å². The standard InChI is InChI=1S/C12H18O4/c1-11(2,3)12(4)7(9(13)15-5)8(12)10(14)16-6/h1-6H3. The van der Waals surface area contributed by atoms with Crippen LogP contribution in [-0.4, -0.2) is 26.2 Å². The SMILES string of the molecule is COC(=O)C1=C(C(=O)OC)C1(C)C(C)(C)C. The van der Waals surface area contributed by atoms with E-state index in [1.807, 2.05) is 27.7 Å². The van der Waals surface area contributed by atoms with Gasteiger partial charge in [0.15, 0.2) is 0 Å². The Hall–Kier alpha value is -1.32. The van der Waals surface area contributed by atoms with E-state index < -0.39 is 17.4 Å². The Balaban J connectivity index is 3.13. The van der Waals surface area contributed by atoms with E-state index in [2.05, 4.69) is 9.47 Å². The third-order valence-electron chi connectivity index (χ3n) is 3.47. The molecule has 0 aromatic carbocycles. The van der Waals surface area contributed by atoms with Gasteiger partial charge < -0.3 is 9.47 Å². The van der Waals surface area contributed by atoms with Crippen molar-refractivity contribution in [1.29, 1.82) is 0 Å². The Morgan fingerprint density at radius 1 is 1.00 bits per heavy atom. The van der Waals surface area contributed by atoms with Gasteiger partial charge in [-0.15, -0.1) is 0 Å². The molecule has 4 heteroatoms. The molecule has 0 amide bonds. The summed E-state index contributed by atoms with van der Waals surface area (Å²) in [7, 11) is 2.62. The van der Waals surface area contributed by atoms with Crippen LogP contribution in [-0.2, 0) is 19.1 Å². The minimum atomic E-state index is -0.548. The molecule has 16 heavy (non-hydrogen) atoms. The Bertz CT molecular complexity index is 345. The fourth-order valence-corrected chi connectivity index (χ4v) is 1.94. The minimum absolute atomic E-state index is 0.222. The van der Waals surface area contributed by atoms with E-state index in [1.54, 1.807) is 0 Å². The highest BCUT2D eigenvalue weighted by Gasteiger charge is 2.63. The van der Waals surface area contributed by atoms with Gasteiger partial charge in [-0.25, -0.2) is 9.59 Å². The monoisotopic (exact) mass is 226 g/mol.